The van der Waals surface area contributed by atoms with E-state index in [9.17, 15) is 9.59 Å². The van der Waals surface area contributed by atoms with Gasteiger partial charge in [0.15, 0.2) is 0 Å². The van der Waals surface area contributed by atoms with Crippen LogP contribution in [0.2, 0.25) is 0 Å². The topological polar surface area (TPSA) is 62.3 Å². The van der Waals surface area contributed by atoms with E-state index in [0.717, 1.165) is 5.56 Å². The molecule has 102 valence electrons. The number of carbonyl (C=O) groups is 2. The summed E-state index contributed by atoms with van der Waals surface area (Å²) in [6.45, 7) is 4.28. The molecule has 2 heterocycles. The van der Waals surface area contributed by atoms with Gasteiger partial charge in [-0.2, -0.15) is 0 Å². The Bertz CT molecular complexity index is 461. The van der Waals surface area contributed by atoms with Crippen molar-refractivity contribution >= 4 is 11.8 Å². The third-order valence-electron chi connectivity index (χ3n) is 3.47. The van der Waals surface area contributed by atoms with Crippen LogP contribution in [0.5, 0.6) is 0 Å². The van der Waals surface area contributed by atoms with Crippen LogP contribution in [-0.2, 0) is 16.1 Å². The third kappa shape index (κ3) is 2.75. The number of rotatable bonds is 4. The second-order valence-corrected chi connectivity index (χ2v) is 4.72. The van der Waals surface area contributed by atoms with Crippen LogP contribution in [0.4, 0.5) is 0 Å². The van der Waals surface area contributed by atoms with Crippen LogP contribution in [0, 0.1) is 0 Å². The average molecular weight is 261 g/mol. The highest BCUT2D eigenvalue weighted by molar-refractivity contribution is 5.96. The minimum atomic E-state index is -0.392. The van der Waals surface area contributed by atoms with Gasteiger partial charge in [0.25, 0.3) is 0 Å². The largest absolute Gasteiger partial charge is 0.343 e. The van der Waals surface area contributed by atoms with Gasteiger partial charge in [0, 0.05) is 18.9 Å². The van der Waals surface area contributed by atoms with E-state index < -0.39 is 6.04 Å². The second-order valence-electron chi connectivity index (χ2n) is 4.72. The lowest BCUT2D eigenvalue weighted by molar-refractivity contribution is -0.150. The number of nitrogens with zero attached hydrogens (tertiary/aromatic N) is 2. The first-order chi connectivity index (χ1) is 9.17. The second kappa shape index (κ2) is 5.82. The van der Waals surface area contributed by atoms with Crippen molar-refractivity contribution in [3.8, 4) is 0 Å². The fourth-order valence-electron chi connectivity index (χ4n) is 2.38. The lowest BCUT2D eigenvalue weighted by atomic mass is 10.0. The number of aromatic nitrogens is 1. The van der Waals surface area contributed by atoms with Gasteiger partial charge in [-0.3, -0.25) is 14.6 Å². The lowest BCUT2D eigenvalue weighted by Crippen LogP contribution is -2.62. The molecule has 2 atom stereocenters. The highest BCUT2D eigenvalue weighted by atomic mass is 16.2. The molecule has 0 aromatic carbocycles. The van der Waals surface area contributed by atoms with Crippen LogP contribution < -0.4 is 5.32 Å². The van der Waals surface area contributed by atoms with E-state index in [4.69, 9.17) is 0 Å². The molecule has 0 aliphatic carbocycles. The first kappa shape index (κ1) is 13.5. The normalized spacial score (nSPS) is 23.4. The van der Waals surface area contributed by atoms with E-state index in [1.807, 2.05) is 26.0 Å². The van der Waals surface area contributed by atoms with Gasteiger partial charge in [-0.05, 0) is 30.5 Å². The summed E-state index contributed by atoms with van der Waals surface area (Å²) < 4.78 is 0. The Kier molecular flexibility index (Phi) is 4.14. The SMILES string of the molecule is CCC1NC(=O)C(CC)N(Cc2ccncc2)C1=O. The highest BCUT2D eigenvalue weighted by Crippen LogP contribution is 2.17. The molecule has 1 N–H and O–H groups in total. The number of piperazine rings is 1. The Morgan fingerprint density at radius 3 is 2.47 bits per heavy atom. The van der Waals surface area contributed by atoms with Gasteiger partial charge in [-0.25, -0.2) is 0 Å². The predicted molar refractivity (Wildman–Crippen MR) is 71.1 cm³/mol. The molecule has 2 amide bonds. The molecule has 1 aromatic heterocycles. The molecule has 0 spiro atoms. The minimum Gasteiger partial charge on any atom is -0.343 e. The third-order valence-corrected chi connectivity index (χ3v) is 3.47. The highest BCUT2D eigenvalue weighted by Gasteiger charge is 2.38. The predicted octanol–water partition coefficient (Wildman–Crippen LogP) is 1.10. The van der Waals surface area contributed by atoms with E-state index in [1.54, 1.807) is 17.3 Å². The van der Waals surface area contributed by atoms with Crippen LogP contribution in [0.25, 0.3) is 0 Å². The smallest absolute Gasteiger partial charge is 0.246 e. The van der Waals surface area contributed by atoms with Crippen molar-refractivity contribution in [2.75, 3.05) is 0 Å². The molecule has 0 saturated carbocycles. The van der Waals surface area contributed by atoms with E-state index in [0.29, 0.717) is 19.4 Å². The molecule has 2 unspecified atom stereocenters. The summed E-state index contributed by atoms with van der Waals surface area (Å²) in [4.78, 5) is 30.0. The zero-order valence-electron chi connectivity index (χ0n) is 11.3. The summed E-state index contributed by atoms with van der Waals surface area (Å²) in [7, 11) is 0. The summed E-state index contributed by atoms with van der Waals surface area (Å²) in [5, 5.41) is 2.79. The zero-order chi connectivity index (χ0) is 13.8. The van der Waals surface area contributed by atoms with Crippen molar-refractivity contribution in [3.63, 3.8) is 0 Å². The van der Waals surface area contributed by atoms with Gasteiger partial charge in [-0.1, -0.05) is 13.8 Å². The van der Waals surface area contributed by atoms with E-state index in [1.165, 1.54) is 0 Å². The molecule has 2 rings (SSSR count). The van der Waals surface area contributed by atoms with Gasteiger partial charge in [0.05, 0.1) is 0 Å². The molecular weight excluding hydrogens is 242 g/mol. The maximum Gasteiger partial charge on any atom is 0.246 e. The van der Waals surface area contributed by atoms with Crippen molar-refractivity contribution in [1.82, 2.24) is 15.2 Å². The fourth-order valence-corrected chi connectivity index (χ4v) is 2.38. The summed E-state index contributed by atoms with van der Waals surface area (Å²) in [6, 6.07) is 2.97. The lowest BCUT2D eigenvalue weighted by Gasteiger charge is -2.38. The van der Waals surface area contributed by atoms with E-state index in [2.05, 4.69) is 10.3 Å². The molecular formula is C14H19N3O2. The number of pyridine rings is 1. The molecule has 1 fully saturated rings. The van der Waals surface area contributed by atoms with Crippen molar-refractivity contribution in [3.05, 3.63) is 30.1 Å². The molecule has 1 aromatic rings. The summed E-state index contributed by atoms with van der Waals surface area (Å²) in [5.74, 6) is -0.0474. The first-order valence-corrected chi connectivity index (χ1v) is 6.67. The first-order valence-electron chi connectivity index (χ1n) is 6.67. The van der Waals surface area contributed by atoms with Gasteiger partial charge in [-0.15, -0.1) is 0 Å². The number of amides is 2. The Labute approximate surface area is 113 Å². The molecule has 1 saturated heterocycles. The molecule has 0 radical (unpaired) electrons. The Hall–Kier alpha value is -1.91. The van der Waals surface area contributed by atoms with Crippen LogP contribution >= 0.6 is 0 Å². The van der Waals surface area contributed by atoms with E-state index >= 15 is 0 Å². The number of carbonyl (C=O) groups excluding carboxylic acids is 2. The fraction of sp³-hybridized carbons (Fsp3) is 0.500. The van der Waals surface area contributed by atoms with Crippen molar-refractivity contribution in [2.24, 2.45) is 0 Å². The maximum absolute atomic E-state index is 12.4. The molecule has 1 aliphatic rings. The Morgan fingerprint density at radius 1 is 1.21 bits per heavy atom. The van der Waals surface area contributed by atoms with Crippen LogP contribution in [0.15, 0.2) is 24.5 Å². The number of hydrogen-bond donors (Lipinski definition) is 1. The standard InChI is InChI=1S/C14H19N3O2/c1-3-11-14(19)17(12(4-2)13(18)16-11)9-10-5-7-15-8-6-10/h5-8,11-12H,3-4,9H2,1-2H3,(H,16,18). The number of hydrogen-bond acceptors (Lipinski definition) is 3. The van der Waals surface area contributed by atoms with Crippen molar-refractivity contribution in [1.29, 1.82) is 0 Å². The van der Waals surface area contributed by atoms with Crippen LogP contribution in [-0.4, -0.2) is 33.8 Å². The van der Waals surface area contributed by atoms with Gasteiger partial charge >= 0.3 is 0 Å². The Morgan fingerprint density at radius 2 is 1.89 bits per heavy atom. The van der Waals surface area contributed by atoms with Crippen molar-refractivity contribution in [2.45, 2.75) is 45.3 Å². The van der Waals surface area contributed by atoms with Crippen LogP contribution in [0.1, 0.15) is 32.3 Å². The molecule has 1 aliphatic heterocycles. The summed E-state index contributed by atoms with van der Waals surface area (Å²) in [5.41, 5.74) is 0.992. The summed E-state index contributed by atoms with van der Waals surface area (Å²) in [6.07, 6.45) is 4.64. The quantitative estimate of drug-likeness (QED) is 0.882. The van der Waals surface area contributed by atoms with Gasteiger partial charge in [0.2, 0.25) is 11.8 Å². The van der Waals surface area contributed by atoms with E-state index in [-0.39, 0.29) is 17.9 Å². The molecule has 5 heteroatoms. The molecule has 19 heavy (non-hydrogen) atoms. The maximum atomic E-state index is 12.4. The van der Waals surface area contributed by atoms with Crippen molar-refractivity contribution < 1.29 is 9.59 Å². The molecule has 5 nitrogen and oxygen atoms in total. The summed E-state index contributed by atoms with van der Waals surface area (Å²) >= 11 is 0. The monoisotopic (exact) mass is 261 g/mol. The minimum absolute atomic E-state index is 0.00534. The van der Waals surface area contributed by atoms with Crippen LogP contribution in [0.3, 0.4) is 0 Å². The van der Waals surface area contributed by atoms with Gasteiger partial charge < -0.3 is 10.2 Å². The molecule has 0 bridgehead atoms. The Balaban J connectivity index is 2.22. The average Bonchev–Trinajstić information content (AvgIpc) is 2.44. The zero-order valence-corrected chi connectivity index (χ0v) is 11.3. The van der Waals surface area contributed by atoms with Gasteiger partial charge in [0.1, 0.15) is 12.1 Å². The number of nitrogens with one attached hydrogen (secondary N) is 1.